The minimum atomic E-state index is -0.404. The van der Waals surface area contributed by atoms with Crippen LogP contribution in [0.5, 0.6) is 0 Å². The summed E-state index contributed by atoms with van der Waals surface area (Å²) in [5.74, 6) is 0.523. The highest BCUT2D eigenvalue weighted by atomic mass is 32.2. The molecule has 1 heterocycles. The fourth-order valence-electron chi connectivity index (χ4n) is 2.44. The summed E-state index contributed by atoms with van der Waals surface area (Å²) in [6, 6.07) is 17.1. The van der Waals surface area contributed by atoms with Gasteiger partial charge in [-0.05, 0) is 12.1 Å². The third-order valence-corrected chi connectivity index (χ3v) is 5.85. The molecule has 0 fully saturated rings. The molecule has 1 aromatic heterocycles. The van der Waals surface area contributed by atoms with Crippen LogP contribution >= 0.6 is 23.5 Å². The van der Waals surface area contributed by atoms with Crippen molar-refractivity contribution in [1.29, 1.82) is 0 Å². The second kappa shape index (κ2) is 9.43. The number of benzene rings is 2. The smallest absolute Gasteiger partial charge is 0.234 e. The summed E-state index contributed by atoms with van der Waals surface area (Å²) in [4.78, 5) is 24.2. The predicted octanol–water partition coefficient (Wildman–Crippen LogP) is 2.79. The van der Waals surface area contributed by atoms with Crippen LogP contribution < -0.4 is 11.1 Å². The van der Waals surface area contributed by atoms with Crippen LogP contribution in [-0.2, 0) is 16.6 Å². The van der Waals surface area contributed by atoms with Gasteiger partial charge in [-0.1, -0.05) is 54.2 Å². The summed E-state index contributed by atoms with van der Waals surface area (Å²) in [5.41, 5.74) is 6.82. The fourth-order valence-corrected chi connectivity index (χ4v) is 3.90. The van der Waals surface area contributed by atoms with Gasteiger partial charge in [-0.25, -0.2) is 0 Å². The van der Waals surface area contributed by atoms with Gasteiger partial charge in [0, 0.05) is 17.5 Å². The summed E-state index contributed by atoms with van der Waals surface area (Å²) < 4.78 is 1.87. The topological polar surface area (TPSA) is 103 Å². The molecule has 0 saturated heterocycles. The highest BCUT2D eigenvalue weighted by Crippen LogP contribution is 2.27. The summed E-state index contributed by atoms with van der Waals surface area (Å²) in [5, 5.41) is 11.9. The fraction of sp³-hybridized carbons (Fsp3) is 0.158. The van der Waals surface area contributed by atoms with Crippen molar-refractivity contribution in [3.8, 4) is 11.4 Å². The van der Waals surface area contributed by atoms with Gasteiger partial charge in [-0.15, -0.1) is 22.0 Å². The molecule has 0 aliphatic heterocycles. The summed E-state index contributed by atoms with van der Waals surface area (Å²) in [7, 11) is 1.87. The third kappa shape index (κ3) is 5.14. The van der Waals surface area contributed by atoms with Crippen molar-refractivity contribution in [3.05, 3.63) is 54.6 Å². The Balaban J connectivity index is 1.61. The SMILES string of the molecule is Cn1c(SCC(=O)Nc2ccccc2SCC(N)=O)nnc1-c1ccccc1. The van der Waals surface area contributed by atoms with Crippen LogP contribution in [0, 0.1) is 0 Å². The van der Waals surface area contributed by atoms with Gasteiger partial charge in [0.15, 0.2) is 11.0 Å². The lowest BCUT2D eigenvalue weighted by Crippen LogP contribution is -2.16. The molecule has 0 aliphatic rings. The largest absolute Gasteiger partial charge is 0.369 e. The van der Waals surface area contributed by atoms with Gasteiger partial charge in [0.25, 0.3) is 0 Å². The maximum Gasteiger partial charge on any atom is 0.234 e. The van der Waals surface area contributed by atoms with Crippen molar-refractivity contribution >= 4 is 41.0 Å². The molecule has 3 aromatic rings. The Hall–Kier alpha value is -2.78. The second-order valence-corrected chi connectivity index (χ2v) is 7.78. The van der Waals surface area contributed by atoms with E-state index in [9.17, 15) is 9.59 Å². The molecule has 0 unspecified atom stereocenters. The molecule has 0 bridgehead atoms. The monoisotopic (exact) mass is 413 g/mol. The Bertz CT molecular complexity index is 975. The lowest BCUT2D eigenvalue weighted by atomic mass is 10.2. The zero-order valence-electron chi connectivity index (χ0n) is 15.2. The average Bonchev–Trinajstić information content (AvgIpc) is 3.07. The molecule has 9 heteroatoms. The summed E-state index contributed by atoms with van der Waals surface area (Å²) in [6.07, 6.45) is 0. The number of thioether (sulfide) groups is 2. The number of primary amides is 1. The quantitative estimate of drug-likeness (QED) is 0.551. The first kappa shape index (κ1) is 20.0. The standard InChI is InChI=1S/C19H19N5O2S2/c1-24-18(13-7-3-2-4-8-13)22-23-19(24)28-12-17(26)21-14-9-5-6-10-15(14)27-11-16(20)25/h2-10H,11-12H2,1H3,(H2,20,25)(H,21,26). The normalized spacial score (nSPS) is 10.6. The zero-order chi connectivity index (χ0) is 19.9. The zero-order valence-corrected chi connectivity index (χ0v) is 16.8. The van der Waals surface area contributed by atoms with E-state index in [-0.39, 0.29) is 17.4 Å². The molecule has 0 saturated carbocycles. The number of amides is 2. The molecular formula is C19H19N5O2S2. The van der Waals surface area contributed by atoms with E-state index < -0.39 is 5.91 Å². The van der Waals surface area contributed by atoms with Crippen molar-refractivity contribution < 1.29 is 9.59 Å². The number of nitrogens with two attached hydrogens (primary N) is 1. The van der Waals surface area contributed by atoms with E-state index in [0.29, 0.717) is 10.8 Å². The van der Waals surface area contributed by atoms with Crippen LogP contribution in [0.4, 0.5) is 5.69 Å². The lowest BCUT2D eigenvalue weighted by molar-refractivity contribution is -0.115. The Labute approximate surface area is 171 Å². The average molecular weight is 414 g/mol. The highest BCUT2D eigenvalue weighted by Gasteiger charge is 2.14. The molecule has 28 heavy (non-hydrogen) atoms. The predicted molar refractivity (Wildman–Crippen MR) is 112 cm³/mol. The van der Waals surface area contributed by atoms with Gasteiger partial charge < -0.3 is 15.6 Å². The second-order valence-electron chi connectivity index (χ2n) is 5.82. The number of carbonyl (C=O) groups is 2. The van der Waals surface area contributed by atoms with Gasteiger partial charge in [0.2, 0.25) is 11.8 Å². The van der Waals surface area contributed by atoms with Crippen molar-refractivity contribution in [3.63, 3.8) is 0 Å². The van der Waals surface area contributed by atoms with E-state index >= 15 is 0 Å². The molecule has 0 spiro atoms. The maximum absolute atomic E-state index is 12.4. The van der Waals surface area contributed by atoms with Gasteiger partial charge in [-0.3, -0.25) is 9.59 Å². The van der Waals surface area contributed by atoms with Crippen LogP contribution in [0.1, 0.15) is 0 Å². The highest BCUT2D eigenvalue weighted by molar-refractivity contribution is 8.00. The third-order valence-electron chi connectivity index (χ3n) is 3.73. The van der Waals surface area contributed by atoms with E-state index in [1.165, 1.54) is 23.5 Å². The molecular weight excluding hydrogens is 394 g/mol. The number of nitrogens with one attached hydrogen (secondary N) is 1. The lowest BCUT2D eigenvalue weighted by Gasteiger charge is -2.10. The van der Waals surface area contributed by atoms with E-state index in [4.69, 9.17) is 5.73 Å². The number of nitrogens with zero attached hydrogens (tertiary/aromatic N) is 3. The first-order chi connectivity index (χ1) is 13.5. The number of hydrogen-bond acceptors (Lipinski definition) is 6. The van der Waals surface area contributed by atoms with Crippen molar-refractivity contribution in [2.45, 2.75) is 10.1 Å². The molecule has 144 valence electrons. The Morgan fingerprint density at radius 2 is 1.71 bits per heavy atom. The number of rotatable bonds is 8. The number of aromatic nitrogens is 3. The molecule has 0 atom stereocenters. The molecule has 3 N–H and O–H groups in total. The van der Waals surface area contributed by atoms with Gasteiger partial charge in [-0.2, -0.15) is 0 Å². The van der Waals surface area contributed by atoms with E-state index in [0.717, 1.165) is 16.3 Å². The number of para-hydroxylation sites is 1. The molecule has 2 aromatic carbocycles. The van der Waals surface area contributed by atoms with Crippen LogP contribution in [0.25, 0.3) is 11.4 Å². The number of hydrogen-bond donors (Lipinski definition) is 2. The molecule has 2 amide bonds. The molecule has 7 nitrogen and oxygen atoms in total. The van der Waals surface area contributed by atoms with Gasteiger partial charge >= 0.3 is 0 Å². The van der Waals surface area contributed by atoms with Gasteiger partial charge in [0.05, 0.1) is 17.2 Å². The molecule has 0 aliphatic carbocycles. The van der Waals surface area contributed by atoms with Crippen molar-refractivity contribution in [2.24, 2.45) is 12.8 Å². The summed E-state index contributed by atoms with van der Waals surface area (Å²) in [6.45, 7) is 0. The first-order valence-electron chi connectivity index (χ1n) is 8.42. The van der Waals surface area contributed by atoms with Crippen LogP contribution in [0.2, 0.25) is 0 Å². The van der Waals surface area contributed by atoms with E-state index in [1.807, 2.05) is 60.1 Å². The van der Waals surface area contributed by atoms with E-state index in [2.05, 4.69) is 15.5 Å². The van der Waals surface area contributed by atoms with E-state index in [1.54, 1.807) is 6.07 Å². The van der Waals surface area contributed by atoms with Gasteiger partial charge in [0.1, 0.15) is 0 Å². The summed E-state index contributed by atoms with van der Waals surface area (Å²) >= 11 is 2.60. The number of carbonyl (C=O) groups excluding carboxylic acids is 2. The molecule has 0 radical (unpaired) electrons. The Morgan fingerprint density at radius 3 is 2.46 bits per heavy atom. The molecule has 3 rings (SSSR count). The van der Waals surface area contributed by atoms with Crippen LogP contribution in [0.3, 0.4) is 0 Å². The number of anilines is 1. The van der Waals surface area contributed by atoms with Crippen LogP contribution in [0.15, 0.2) is 64.6 Å². The van der Waals surface area contributed by atoms with Crippen molar-refractivity contribution in [1.82, 2.24) is 14.8 Å². The minimum Gasteiger partial charge on any atom is -0.369 e. The minimum absolute atomic E-state index is 0.156. The first-order valence-corrected chi connectivity index (χ1v) is 10.4. The Kier molecular flexibility index (Phi) is 6.72. The maximum atomic E-state index is 12.4. The van der Waals surface area contributed by atoms with Crippen molar-refractivity contribution in [2.75, 3.05) is 16.8 Å². The van der Waals surface area contributed by atoms with Crippen LogP contribution in [-0.4, -0.2) is 38.1 Å². The Morgan fingerprint density at radius 1 is 1.00 bits per heavy atom.